The highest BCUT2D eigenvalue weighted by Gasteiger charge is 2.44. The minimum Gasteiger partial charge on any atom is -0.378 e. The molecule has 32 heavy (non-hydrogen) atoms. The Morgan fingerprint density at radius 2 is 1.84 bits per heavy atom. The van der Waals surface area contributed by atoms with Crippen LogP contribution >= 0.6 is 23.5 Å². The summed E-state index contributed by atoms with van der Waals surface area (Å²) in [5, 5.41) is 9.53. The number of amides is 2. The Morgan fingerprint density at radius 1 is 1.16 bits per heavy atom. The van der Waals surface area contributed by atoms with Gasteiger partial charge in [-0.05, 0) is 59.8 Å². The first-order valence-electron chi connectivity index (χ1n) is 9.97. The third-order valence-electron chi connectivity index (χ3n) is 5.04. The van der Waals surface area contributed by atoms with Crippen LogP contribution in [0.15, 0.2) is 69.6 Å². The number of benzene rings is 2. The van der Waals surface area contributed by atoms with E-state index in [9.17, 15) is 9.59 Å². The molecular weight excluding hydrogens is 442 g/mol. The summed E-state index contributed by atoms with van der Waals surface area (Å²) in [5.74, 6) is -0.382. The van der Waals surface area contributed by atoms with E-state index in [2.05, 4.69) is 15.4 Å². The average molecular weight is 466 g/mol. The fourth-order valence-electron chi connectivity index (χ4n) is 3.35. The van der Waals surface area contributed by atoms with Gasteiger partial charge in [-0.15, -0.1) is 5.10 Å². The highest BCUT2D eigenvalue weighted by Crippen LogP contribution is 2.46. The highest BCUT2D eigenvalue weighted by atomic mass is 32.2. The number of aliphatic imine (C=N–C) groups is 1. The molecule has 2 aromatic rings. The van der Waals surface area contributed by atoms with Crippen molar-refractivity contribution in [1.29, 1.82) is 0 Å². The molecule has 9 heteroatoms. The molecule has 0 radical (unpaired) electrons. The fourth-order valence-corrected chi connectivity index (χ4v) is 5.36. The van der Waals surface area contributed by atoms with Crippen LogP contribution < -0.4 is 10.2 Å². The Labute approximate surface area is 195 Å². The van der Waals surface area contributed by atoms with Gasteiger partial charge in [0.25, 0.3) is 5.91 Å². The maximum atomic E-state index is 12.5. The largest absolute Gasteiger partial charge is 0.378 e. The van der Waals surface area contributed by atoms with E-state index < -0.39 is 4.87 Å². The maximum absolute atomic E-state index is 12.5. The molecule has 0 aliphatic carbocycles. The molecule has 4 rings (SSSR count). The van der Waals surface area contributed by atoms with Gasteiger partial charge in [-0.3, -0.25) is 9.59 Å². The van der Waals surface area contributed by atoms with Crippen molar-refractivity contribution in [2.45, 2.75) is 18.7 Å². The Bertz CT molecular complexity index is 1140. The minimum atomic E-state index is -0.702. The van der Waals surface area contributed by atoms with Gasteiger partial charge < -0.3 is 10.2 Å². The van der Waals surface area contributed by atoms with E-state index in [1.165, 1.54) is 35.5 Å². The molecule has 2 aliphatic rings. The highest BCUT2D eigenvalue weighted by molar-refractivity contribution is 8.19. The monoisotopic (exact) mass is 465 g/mol. The predicted octanol–water partition coefficient (Wildman–Crippen LogP) is 4.05. The molecule has 0 spiro atoms. The summed E-state index contributed by atoms with van der Waals surface area (Å²) in [6.45, 7) is 3.42. The first-order chi connectivity index (χ1) is 15.3. The Hall–Kier alpha value is -3.04. The van der Waals surface area contributed by atoms with E-state index in [0.29, 0.717) is 15.2 Å². The van der Waals surface area contributed by atoms with Crippen LogP contribution in [-0.4, -0.2) is 41.3 Å². The number of anilines is 1. The SMILES string of the molecule is CC(=O)N1N=C(N=C2NC(=O)/C(=C/c3ccc(N(C)C)cc3)S2)SC1(C)c1ccccc1. The molecule has 0 bridgehead atoms. The van der Waals surface area contributed by atoms with Gasteiger partial charge in [0.05, 0.1) is 4.91 Å². The van der Waals surface area contributed by atoms with Gasteiger partial charge in [0.2, 0.25) is 11.1 Å². The van der Waals surface area contributed by atoms with Crippen molar-refractivity contribution >= 4 is 57.4 Å². The van der Waals surface area contributed by atoms with E-state index in [4.69, 9.17) is 0 Å². The van der Waals surface area contributed by atoms with Crippen LogP contribution in [0.1, 0.15) is 25.0 Å². The molecule has 2 heterocycles. The third kappa shape index (κ3) is 4.44. The van der Waals surface area contributed by atoms with Crippen LogP contribution in [0.4, 0.5) is 5.69 Å². The molecule has 1 unspecified atom stereocenters. The van der Waals surface area contributed by atoms with Gasteiger partial charge in [0.15, 0.2) is 5.17 Å². The smallest absolute Gasteiger partial charge is 0.264 e. The normalized spacial score (nSPS) is 22.9. The van der Waals surface area contributed by atoms with Gasteiger partial charge in [-0.2, -0.15) is 4.99 Å². The average Bonchev–Trinajstić information content (AvgIpc) is 3.29. The second-order valence-electron chi connectivity index (χ2n) is 7.63. The molecule has 0 aromatic heterocycles. The van der Waals surface area contributed by atoms with Crippen molar-refractivity contribution < 1.29 is 9.59 Å². The molecule has 2 aromatic carbocycles. The second kappa shape index (κ2) is 8.84. The van der Waals surface area contributed by atoms with Crippen LogP contribution in [-0.2, 0) is 14.5 Å². The molecule has 2 aliphatic heterocycles. The quantitative estimate of drug-likeness (QED) is 0.692. The number of thioether (sulfide) groups is 2. The lowest BCUT2D eigenvalue weighted by molar-refractivity contribution is -0.131. The van der Waals surface area contributed by atoms with E-state index in [-0.39, 0.29) is 11.8 Å². The lowest BCUT2D eigenvalue weighted by Crippen LogP contribution is -2.37. The van der Waals surface area contributed by atoms with E-state index in [1.54, 1.807) is 0 Å². The van der Waals surface area contributed by atoms with Crippen LogP contribution in [0.25, 0.3) is 6.08 Å². The van der Waals surface area contributed by atoms with Crippen molar-refractivity contribution in [1.82, 2.24) is 10.3 Å². The summed E-state index contributed by atoms with van der Waals surface area (Å²) in [5.41, 5.74) is 2.97. The molecule has 2 amide bonds. The minimum absolute atomic E-state index is 0.177. The Balaban J connectivity index is 1.55. The molecule has 164 valence electrons. The van der Waals surface area contributed by atoms with Crippen LogP contribution in [0.3, 0.4) is 0 Å². The fraction of sp³-hybridized carbons (Fsp3) is 0.217. The standard InChI is InChI=1S/C23H23N5O2S2/c1-15(29)28-23(2,17-8-6-5-7-9-17)32-22(26-28)25-21-24-20(30)19(31-21)14-16-10-12-18(13-11-16)27(3)4/h5-14H,1-4H3,(H,24,25,26,30)/b19-14-. The van der Waals surface area contributed by atoms with Gasteiger partial charge >= 0.3 is 0 Å². The van der Waals surface area contributed by atoms with Gasteiger partial charge in [-0.25, -0.2) is 5.01 Å². The zero-order valence-electron chi connectivity index (χ0n) is 18.2. The second-order valence-corrected chi connectivity index (χ2v) is 10.0. The molecule has 1 N–H and O–H groups in total. The van der Waals surface area contributed by atoms with Crippen molar-refractivity contribution in [2.24, 2.45) is 10.1 Å². The Morgan fingerprint density at radius 3 is 2.47 bits per heavy atom. The summed E-state index contributed by atoms with van der Waals surface area (Å²) < 4.78 is 0. The Kier molecular flexibility index (Phi) is 6.12. The lowest BCUT2D eigenvalue weighted by atomic mass is 10.1. The van der Waals surface area contributed by atoms with Crippen molar-refractivity contribution in [3.63, 3.8) is 0 Å². The molecule has 0 saturated carbocycles. The summed E-state index contributed by atoms with van der Waals surface area (Å²) >= 11 is 2.64. The van der Waals surface area contributed by atoms with E-state index in [1.807, 2.05) is 86.6 Å². The number of nitrogens with one attached hydrogen (secondary N) is 1. The number of hydrogen-bond donors (Lipinski definition) is 1. The summed E-state index contributed by atoms with van der Waals surface area (Å²) in [7, 11) is 3.96. The van der Waals surface area contributed by atoms with Crippen molar-refractivity contribution in [2.75, 3.05) is 19.0 Å². The number of hydrazone groups is 1. The predicted molar refractivity (Wildman–Crippen MR) is 133 cm³/mol. The number of nitrogens with zero attached hydrogens (tertiary/aromatic N) is 4. The first kappa shape index (κ1) is 22.2. The van der Waals surface area contributed by atoms with Crippen LogP contribution in [0.2, 0.25) is 0 Å². The summed E-state index contributed by atoms with van der Waals surface area (Å²) in [6, 6.07) is 17.7. The zero-order valence-corrected chi connectivity index (χ0v) is 19.8. The number of hydrogen-bond acceptors (Lipinski definition) is 7. The van der Waals surface area contributed by atoms with E-state index >= 15 is 0 Å². The number of rotatable bonds is 3. The van der Waals surface area contributed by atoms with Crippen LogP contribution in [0, 0.1) is 0 Å². The van der Waals surface area contributed by atoms with Crippen LogP contribution in [0.5, 0.6) is 0 Å². The van der Waals surface area contributed by atoms with Gasteiger partial charge in [0.1, 0.15) is 4.87 Å². The summed E-state index contributed by atoms with van der Waals surface area (Å²) in [4.78, 5) is 31.1. The topological polar surface area (TPSA) is 77.4 Å². The summed E-state index contributed by atoms with van der Waals surface area (Å²) in [6.07, 6.45) is 1.83. The number of amidine groups is 2. The zero-order chi connectivity index (χ0) is 22.9. The first-order valence-corrected chi connectivity index (χ1v) is 11.6. The molecule has 1 atom stereocenters. The third-order valence-corrected chi connectivity index (χ3v) is 7.11. The van der Waals surface area contributed by atoms with Gasteiger partial charge in [-0.1, -0.05) is 42.5 Å². The van der Waals surface area contributed by atoms with E-state index in [0.717, 1.165) is 16.8 Å². The maximum Gasteiger partial charge on any atom is 0.264 e. The molecule has 1 saturated heterocycles. The molecule has 7 nitrogen and oxygen atoms in total. The van der Waals surface area contributed by atoms with Crippen molar-refractivity contribution in [3.8, 4) is 0 Å². The van der Waals surface area contributed by atoms with Crippen molar-refractivity contribution in [3.05, 3.63) is 70.6 Å². The number of carbonyl (C=O) groups excluding carboxylic acids is 2. The number of carbonyl (C=O) groups is 2. The lowest BCUT2D eigenvalue weighted by Gasteiger charge is -2.30. The molecule has 1 fully saturated rings. The van der Waals surface area contributed by atoms with Gasteiger partial charge in [0, 0.05) is 26.7 Å². The molecular formula is C23H23N5O2S2.